The van der Waals surface area contributed by atoms with Gasteiger partial charge >= 0.3 is 6.03 Å². The second kappa shape index (κ2) is 19.1. The summed E-state index contributed by atoms with van der Waals surface area (Å²) >= 11 is 1.49. The second-order valence-corrected chi connectivity index (χ2v) is 22.3. The van der Waals surface area contributed by atoms with E-state index in [2.05, 4.69) is 34.1 Å². The predicted molar refractivity (Wildman–Crippen MR) is 252 cm³/mol. The van der Waals surface area contributed by atoms with Gasteiger partial charge in [-0.2, -0.15) is 0 Å². The number of pyridine rings is 1. The molecule has 66 heavy (non-hydrogen) atoms. The van der Waals surface area contributed by atoms with E-state index in [4.69, 9.17) is 19.4 Å². The number of rotatable bonds is 10. The largest absolute Gasteiger partial charge is 0.496 e. The number of amides is 5. The van der Waals surface area contributed by atoms with Crippen molar-refractivity contribution in [2.24, 2.45) is 5.92 Å². The highest BCUT2D eigenvalue weighted by molar-refractivity contribution is 7.91. The van der Waals surface area contributed by atoms with Crippen molar-refractivity contribution in [2.45, 2.75) is 145 Å². The molecule has 6 aliphatic rings. The molecule has 3 N–H and O–H groups in total. The fourth-order valence-electron chi connectivity index (χ4n) is 10.3. The first-order valence-corrected chi connectivity index (χ1v) is 26.4. The molecule has 2 saturated heterocycles. The number of piperazine rings is 1. The molecule has 5 amide bonds. The Bertz CT molecular complexity index is 2480. The molecule has 0 bridgehead atoms. The lowest BCUT2D eigenvalue weighted by Gasteiger charge is -2.38. The van der Waals surface area contributed by atoms with Crippen molar-refractivity contribution in [2.75, 3.05) is 39.8 Å². The fraction of sp³-hybridized carbons (Fsp3) is 0.625. The van der Waals surface area contributed by atoms with Gasteiger partial charge in [-0.05, 0) is 76.3 Å². The van der Waals surface area contributed by atoms with Crippen molar-refractivity contribution in [1.29, 1.82) is 0 Å². The van der Waals surface area contributed by atoms with Crippen LogP contribution in [-0.2, 0) is 24.4 Å². The minimum Gasteiger partial charge on any atom is -0.496 e. The lowest BCUT2D eigenvalue weighted by atomic mass is 10.0. The molecule has 2 aromatic heterocycles. The quantitative estimate of drug-likeness (QED) is 0.209. The van der Waals surface area contributed by atoms with E-state index < -0.39 is 62.6 Å². The molecule has 18 heteroatoms. The zero-order chi connectivity index (χ0) is 46.3. The number of carbonyl (C=O) groups excluding carboxylic acids is 4. The van der Waals surface area contributed by atoms with Crippen LogP contribution >= 0.6 is 11.3 Å². The number of aryl methyl sites for hydroxylation is 1. The van der Waals surface area contributed by atoms with Crippen molar-refractivity contribution < 1.29 is 37.1 Å². The molecule has 3 aliphatic heterocycles. The second-order valence-electron chi connectivity index (χ2n) is 19.5. The topological polar surface area (TPSA) is 192 Å². The van der Waals surface area contributed by atoms with Gasteiger partial charge in [-0.3, -0.25) is 24.0 Å². The number of thiazole rings is 1. The normalized spacial score (nSPS) is 27.4. The molecule has 3 aliphatic carbocycles. The number of benzene rings is 1. The number of carbonyl (C=O) groups is 4. The Hall–Kier alpha value is -4.81. The van der Waals surface area contributed by atoms with Crippen molar-refractivity contribution in [1.82, 2.24) is 40.0 Å². The number of hydrogen-bond acceptors (Lipinski definition) is 12. The molecule has 3 aromatic rings. The smallest absolute Gasteiger partial charge is 0.318 e. The Morgan fingerprint density at radius 3 is 2.44 bits per heavy atom. The average Bonchev–Trinajstić information content (AvgIpc) is 4.04. The van der Waals surface area contributed by atoms with E-state index in [1.54, 1.807) is 12.0 Å². The Kier molecular flexibility index (Phi) is 13.4. The molecular weight excluding hydrogens is 881 g/mol. The van der Waals surface area contributed by atoms with Crippen molar-refractivity contribution >= 4 is 56.0 Å². The van der Waals surface area contributed by atoms with Crippen LogP contribution in [0.2, 0.25) is 0 Å². The third-order valence-electron chi connectivity index (χ3n) is 14.6. The van der Waals surface area contributed by atoms with Crippen molar-refractivity contribution in [3.63, 3.8) is 0 Å². The molecule has 9 rings (SSSR count). The number of nitrogens with zero attached hydrogens (tertiary/aromatic N) is 5. The van der Waals surface area contributed by atoms with Crippen LogP contribution in [0.3, 0.4) is 0 Å². The lowest BCUT2D eigenvalue weighted by molar-refractivity contribution is -0.141. The third kappa shape index (κ3) is 9.64. The summed E-state index contributed by atoms with van der Waals surface area (Å²) in [5.74, 6) is -0.809. The Balaban J connectivity index is 1.03. The third-order valence-corrected chi connectivity index (χ3v) is 17.3. The van der Waals surface area contributed by atoms with Gasteiger partial charge in [0.05, 0.1) is 30.1 Å². The van der Waals surface area contributed by atoms with Crippen molar-refractivity contribution in [3.05, 3.63) is 47.0 Å². The van der Waals surface area contributed by atoms with E-state index in [9.17, 15) is 22.8 Å². The van der Waals surface area contributed by atoms with Gasteiger partial charge in [-0.15, -0.1) is 11.3 Å². The van der Waals surface area contributed by atoms with Gasteiger partial charge in [0, 0.05) is 67.0 Å². The first-order valence-electron chi connectivity index (χ1n) is 24.0. The van der Waals surface area contributed by atoms with Gasteiger partial charge in [0.2, 0.25) is 21.8 Å². The molecule has 5 heterocycles. The summed E-state index contributed by atoms with van der Waals surface area (Å²) in [7, 11) is -2.30. The van der Waals surface area contributed by atoms with E-state index >= 15 is 4.79 Å². The summed E-state index contributed by atoms with van der Waals surface area (Å²) in [6.45, 7) is 8.83. The molecule has 0 radical (unpaired) electrons. The van der Waals surface area contributed by atoms with Crippen LogP contribution in [-0.4, -0.2) is 132 Å². The number of hydrogen-bond donors (Lipinski definition) is 3. The lowest BCUT2D eigenvalue weighted by Crippen LogP contribution is -2.60. The van der Waals surface area contributed by atoms with Gasteiger partial charge in [-0.1, -0.05) is 51.7 Å². The molecule has 16 nitrogen and oxygen atoms in total. The Morgan fingerprint density at radius 1 is 0.970 bits per heavy atom. The Morgan fingerprint density at radius 2 is 1.73 bits per heavy atom. The number of sulfonamides is 1. The number of nitrogens with one attached hydrogen (secondary N) is 3. The highest BCUT2D eigenvalue weighted by atomic mass is 32.2. The molecule has 3 saturated carbocycles. The summed E-state index contributed by atoms with van der Waals surface area (Å²) in [6, 6.07) is 3.85. The van der Waals surface area contributed by atoms with Gasteiger partial charge < -0.3 is 29.9 Å². The maximum atomic E-state index is 15.1. The molecule has 1 unspecified atom stereocenters. The highest BCUT2D eigenvalue weighted by Crippen LogP contribution is 2.46. The van der Waals surface area contributed by atoms with Gasteiger partial charge in [0.25, 0.3) is 5.91 Å². The van der Waals surface area contributed by atoms with Crippen LogP contribution in [0.5, 0.6) is 11.5 Å². The highest BCUT2D eigenvalue weighted by Gasteiger charge is 2.62. The summed E-state index contributed by atoms with van der Waals surface area (Å²) in [6.07, 6.45) is 12.7. The van der Waals surface area contributed by atoms with E-state index in [0.717, 1.165) is 47.6 Å². The molecular formula is C48H64N8O8S2. The van der Waals surface area contributed by atoms with Crippen LogP contribution in [0.4, 0.5) is 4.79 Å². The predicted octanol–water partition coefficient (Wildman–Crippen LogP) is 5.79. The SMILES string of the molecule is COc1ccc2c(O[C@@H]3C[C@H]4C(=O)N[C@]5(C(=O)NS(=O)(=O)C6CC6)CC5/C=C\CCCCC[C@H](NC(=O)N5CCN(C6CCCC6)CC5)C(=O)N4C3)cc(-c3nc(C(C)C)cs3)nc2c1C. The Labute approximate surface area is 391 Å². The summed E-state index contributed by atoms with van der Waals surface area (Å²) < 4.78 is 41.0. The molecule has 5 fully saturated rings. The number of aromatic nitrogens is 2. The van der Waals surface area contributed by atoms with Crippen LogP contribution < -0.4 is 24.8 Å². The van der Waals surface area contributed by atoms with Gasteiger partial charge in [0.15, 0.2) is 0 Å². The molecule has 356 valence electrons. The van der Waals surface area contributed by atoms with Crippen molar-refractivity contribution in [3.8, 4) is 22.2 Å². The number of ether oxygens (including phenoxy) is 2. The maximum absolute atomic E-state index is 15.1. The van der Waals surface area contributed by atoms with Gasteiger partial charge in [-0.25, -0.2) is 23.2 Å². The molecule has 1 aromatic carbocycles. The average molecular weight is 945 g/mol. The first-order chi connectivity index (χ1) is 31.7. The molecule has 0 spiro atoms. The minimum atomic E-state index is -3.91. The van der Waals surface area contributed by atoms with Crippen LogP contribution in [0.15, 0.2) is 35.7 Å². The van der Waals surface area contributed by atoms with Crippen LogP contribution in [0.25, 0.3) is 21.6 Å². The maximum Gasteiger partial charge on any atom is 0.318 e. The van der Waals surface area contributed by atoms with E-state index in [0.29, 0.717) is 73.9 Å². The molecule has 5 atom stereocenters. The first kappa shape index (κ1) is 46.3. The van der Waals surface area contributed by atoms with E-state index in [1.165, 1.54) is 41.9 Å². The fourth-order valence-corrected chi connectivity index (χ4v) is 12.6. The zero-order valence-electron chi connectivity index (χ0n) is 38.6. The van der Waals surface area contributed by atoms with Crippen LogP contribution in [0, 0.1) is 12.8 Å². The van der Waals surface area contributed by atoms with Crippen LogP contribution in [0.1, 0.15) is 114 Å². The number of fused-ring (bicyclic) bond motifs is 3. The summed E-state index contributed by atoms with van der Waals surface area (Å²) in [4.78, 5) is 73.7. The van der Waals surface area contributed by atoms with E-state index in [-0.39, 0.29) is 31.3 Å². The number of urea groups is 1. The number of methoxy groups -OCH3 is 1. The zero-order valence-corrected chi connectivity index (χ0v) is 40.2. The monoisotopic (exact) mass is 944 g/mol. The summed E-state index contributed by atoms with van der Waals surface area (Å²) in [5, 5.41) is 8.91. The minimum absolute atomic E-state index is 0.0188. The summed E-state index contributed by atoms with van der Waals surface area (Å²) in [5.41, 5.74) is 1.53. The van der Waals surface area contributed by atoms with Gasteiger partial charge in [0.1, 0.15) is 45.9 Å². The van der Waals surface area contributed by atoms with E-state index in [1.807, 2.05) is 42.7 Å². The standard InChI is InChI=1S/C48H64N8O8S2/c1-29(2)38-28-65-44(50-38)37-25-41(35-18-19-40(63-4)30(3)42(35)49-37)64-33-24-39-43(57)52-48(46(59)53-66(61,62)34-16-17-34)26-31(48)12-8-6-5-7-9-15-36(45(58)56(39)27-33)51-47(60)55-22-20-54(21-23-55)32-13-10-11-14-32/h8,12,18-19,25,28-29,31-34,36,39H,5-7,9-11,13-17,20-24,26-27H2,1-4H3,(H,51,60)(H,52,57)(H,53,59)/b12-8-/t31?,33-,36+,39+,48-/m1/s1. The number of allylic oxidation sites excluding steroid dienone is 1.